The lowest BCUT2D eigenvalue weighted by Gasteiger charge is -2.33. The normalized spacial score (nSPS) is 19.8. The Hall–Kier alpha value is -0.260. The molecule has 19 heavy (non-hydrogen) atoms. The Kier molecular flexibility index (Phi) is 7.18. The van der Waals surface area contributed by atoms with Crippen LogP contribution in [0.15, 0.2) is 0 Å². The summed E-state index contributed by atoms with van der Waals surface area (Å²) >= 11 is 1.75. The highest BCUT2D eigenvalue weighted by molar-refractivity contribution is 8.00. The molecule has 1 rings (SSSR count). The molecule has 4 nitrogen and oxygen atoms in total. The standard InChI is InChI=1S/C14H27NO3S/c1-4-15-14(12-6-7-12,13(17)18-5-2)10-19-11(3)8-9-16/h11-12,15-16H,4-10H2,1-3H3. The van der Waals surface area contributed by atoms with Crippen molar-refractivity contribution in [2.45, 2.75) is 50.8 Å². The molecule has 0 radical (unpaired) electrons. The zero-order chi connectivity index (χ0) is 14.3. The first-order chi connectivity index (χ1) is 9.10. The molecule has 0 saturated heterocycles. The predicted molar refractivity (Wildman–Crippen MR) is 79.4 cm³/mol. The molecule has 0 aliphatic heterocycles. The molecule has 0 spiro atoms. The van der Waals surface area contributed by atoms with Gasteiger partial charge in [0.15, 0.2) is 0 Å². The van der Waals surface area contributed by atoms with Crippen molar-refractivity contribution in [1.29, 1.82) is 0 Å². The van der Waals surface area contributed by atoms with Gasteiger partial charge in [0.05, 0.1) is 6.61 Å². The van der Waals surface area contributed by atoms with Crippen LogP contribution in [-0.2, 0) is 9.53 Å². The largest absolute Gasteiger partial charge is 0.465 e. The van der Waals surface area contributed by atoms with E-state index in [1.807, 2.05) is 13.8 Å². The highest BCUT2D eigenvalue weighted by Crippen LogP contribution is 2.42. The van der Waals surface area contributed by atoms with E-state index in [1.165, 1.54) is 0 Å². The maximum atomic E-state index is 12.4. The first kappa shape index (κ1) is 16.8. The van der Waals surface area contributed by atoms with Gasteiger partial charge in [0.2, 0.25) is 0 Å². The van der Waals surface area contributed by atoms with Gasteiger partial charge in [-0.25, -0.2) is 0 Å². The van der Waals surface area contributed by atoms with E-state index in [9.17, 15) is 4.79 Å². The molecule has 2 N–H and O–H groups in total. The molecular weight excluding hydrogens is 262 g/mol. The number of rotatable bonds is 10. The van der Waals surface area contributed by atoms with E-state index in [-0.39, 0.29) is 12.6 Å². The van der Waals surface area contributed by atoms with E-state index in [4.69, 9.17) is 9.84 Å². The minimum Gasteiger partial charge on any atom is -0.465 e. The summed E-state index contributed by atoms with van der Waals surface area (Å²) in [6.45, 7) is 7.36. The van der Waals surface area contributed by atoms with Gasteiger partial charge in [0.1, 0.15) is 5.54 Å². The minimum absolute atomic E-state index is 0.108. The van der Waals surface area contributed by atoms with Gasteiger partial charge in [-0.15, -0.1) is 0 Å². The van der Waals surface area contributed by atoms with Gasteiger partial charge >= 0.3 is 5.97 Å². The van der Waals surface area contributed by atoms with Crippen LogP contribution in [0.2, 0.25) is 0 Å². The lowest BCUT2D eigenvalue weighted by molar-refractivity contribution is -0.151. The molecule has 112 valence electrons. The van der Waals surface area contributed by atoms with Crippen molar-refractivity contribution in [3.63, 3.8) is 0 Å². The van der Waals surface area contributed by atoms with Gasteiger partial charge < -0.3 is 15.2 Å². The highest BCUT2D eigenvalue weighted by Gasteiger charge is 2.51. The Morgan fingerprint density at radius 3 is 2.68 bits per heavy atom. The molecule has 1 fully saturated rings. The van der Waals surface area contributed by atoms with Gasteiger partial charge in [-0.3, -0.25) is 4.79 Å². The second kappa shape index (κ2) is 8.12. The van der Waals surface area contributed by atoms with Crippen LogP contribution in [-0.4, -0.2) is 47.4 Å². The van der Waals surface area contributed by atoms with E-state index in [0.29, 0.717) is 17.8 Å². The van der Waals surface area contributed by atoms with Gasteiger partial charge in [-0.2, -0.15) is 11.8 Å². The lowest BCUT2D eigenvalue weighted by atomic mass is 9.95. The molecular formula is C14H27NO3S. The summed E-state index contributed by atoms with van der Waals surface area (Å²) in [5.74, 6) is 1.02. The van der Waals surface area contributed by atoms with Gasteiger partial charge in [0, 0.05) is 17.6 Å². The van der Waals surface area contributed by atoms with Crippen molar-refractivity contribution in [1.82, 2.24) is 5.32 Å². The number of aliphatic hydroxyl groups is 1. The molecule has 1 aliphatic carbocycles. The number of esters is 1. The second-order valence-corrected chi connectivity index (χ2v) is 6.56. The third-order valence-electron chi connectivity index (χ3n) is 3.54. The summed E-state index contributed by atoms with van der Waals surface area (Å²) in [6.07, 6.45) is 2.96. The zero-order valence-electron chi connectivity index (χ0n) is 12.3. The molecule has 2 atom stereocenters. The predicted octanol–water partition coefficient (Wildman–Crippen LogP) is 1.81. The summed E-state index contributed by atoms with van der Waals surface area (Å²) in [7, 11) is 0. The Morgan fingerprint density at radius 1 is 1.53 bits per heavy atom. The number of thioether (sulfide) groups is 1. The van der Waals surface area contributed by atoms with Crippen molar-refractivity contribution in [3.8, 4) is 0 Å². The number of likely N-dealkylation sites (N-methyl/N-ethyl adjacent to an activating group) is 1. The second-order valence-electron chi connectivity index (χ2n) is 5.13. The van der Waals surface area contributed by atoms with Crippen molar-refractivity contribution in [2.75, 3.05) is 25.5 Å². The fourth-order valence-corrected chi connectivity index (χ4v) is 3.58. The van der Waals surface area contributed by atoms with Crippen LogP contribution in [0.4, 0.5) is 0 Å². The molecule has 1 aliphatic rings. The van der Waals surface area contributed by atoms with E-state index < -0.39 is 5.54 Å². The van der Waals surface area contributed by atoms with E-state index in [0.717, 1.165) is 31.6 Å². The molecule has 0 amide bonds. The number of aliphatic hydroxyl groups excluding tert-OH is 1. The molecule has 1 saturated carbocycles. The Morgan fingerprint density at radius 2 is 2.21 bits per heavy atom. The van der Waals surface area contributed by atoms with Crippen LogP contribution >= 0.6 is 11.8 Å². The highest BCUT2D eigenvalue weighted by atomic mass is 32.2. The van der Waals surface area contributed by atoms with Gasteiger partial charge in [-0.1, -0.05) is 13.8 Å². The van der Waals surface area contributed by atoms with Crippen molar-refractivity contribution >= 4 is 17.7 Å². The zero-order valence-corrected chi connectivity index (χ0v) is 13.1. The Balaban J connectivity index is 2.69. The molecule has 5 heteroatoms. The van der Waals surface area contributed by atoms with Crippen molar-refractivity contribution in [2.24, 2.45) is 5.92 Å². The number of nitrogens with one attached hydrogen (secondary N) is 1. The molecule has 0 aromatic heterocycles. The van der Waals surface area contributed by atoms with Crippen LogP contribution < -0.4 is 5.32 Å². The summed E-state index contributed by atoms with van der Waals surface area (Å²) in [5, 5.41) is 12.7. The lowest BCUT2D eigenvalue weighted by Crippen LogP contribution is -2.57. The summed E-state index contributed by atoms with van der Waals surface area (Å²) in [5.41, 5.74) is -0.529. The van der Waals surface area contributed by atoms with Crippen LogP contribution in [0.5, 0.6) is 0 Å². The topological polar surface area (TPSA) is 58.6 Å². The number of hydrogen-bond donors (Lipinski definition) is 2. The summed E-state index contributed by atoms with van der Waals surface area (Å²) < 4.78 is 5.29. The number of carbonyl (C=O) groups excluding carboxylic acids is 1. The summed E-state index contributed by atoms with van der Waals surface area (Å²) in [4.78, 5) is 12.4. The fraction of sp³-hybridized carbons (Fsp3) is 0.929. The van der Waals surface area contributed by atoms with E-state index in [2.05, 4.69) is 12.2 Å². The first-order valence-electron chi connectivity index (χ1n) is 7.25. The van der Waals surface area contributed by atoms with E-state index in [1.54, 1.807) is 11.8 Å². The van der Waals surface area contributed by atoms with Gasteiger partial charge in [-0.05, 0) is 38.6 Å². The minimum atomic E-state index is -0.529. The van der Waals surface area contributed by atoms with Gasteiger partial charge in [0.25, 0.3) is 0 Å². The third kappa shape index (κ3) is 4.65. The third-order valence-corrected chi connectivity index (χ3v) is 4.96. The maximum absolute atomic E-state index is 12.4. The van der Waals surface area contributed by atoms with Crippen LogP contribution in [0.3, 0.4) is 0 Å². The van der Waals surface area contributed by atoms with Crippen molar-refractivity contribution < 1.29 is 14.6 Å². The molecule has 0 heterocycles. The maximum Gasteiger partial charge on any atom is 0.327 e. The first-order valence-corrected chi connectivity index (χ1v) is 8.30. The van der Waals surface area contributed by atoms with Crippen molar-refractivity contribution in [3.05, 3.63) is 0 Å². The Bertz CT molecular complexity index is 284. The Labute approximate surface area is 120 Å². The number of hydrogen-bond acceptors (Lipinski definition) is 5. The average Bonchev–Trinajstić information content (AvgIpc) is 3.19. The summed E-state index contributed by atoms with van der Waals surface area (Å²) in [6, 6.07) is 0. The molecule has 0 aromatic carbocycles. The molecule has 0 bridgehead atoms. The molecule has 0 aromatic rings. The van der Waals surface area contributed by atoms with Crippen LogP contribution in [0.1, 0.15) is 40.0 Å². The average molecular weight is 289 g/mol. The van der Waals surface area contributed by atoms with Crippen LogP contribution in [0, 0.1) is 5.92 Å². The van der Waals surface area contributed by atoms with Crippen LogP contribution in [0.25, 0.3) is 0 Å². The monoisotopic (exact) mass is 289 g/mol. The fourth-order valence-electron chi connectivity index (χ4n) is 2.30. The number of carbonyl (C=O) groups is 1. The quantitative estimate of drug-likeness (QED) is 0.601. The SMILES string of the molecule is CCNC(CSC(C)CCO)(C(=O)OCC)C1CC1. The molecule has 2 unspecified atom stereocenters. The smallest absolute Gasteiger partial charge is 0.327 e. The number of ether oxygens (including phenoxy) is 1. The van der Waals surface area contributed by atoms with E-state index >= 15 is 0 Å².